The normalized spacial score (nSPS) is 11.6. The number of hydrogen-bond donors (Lipinski definition) is 1. The molecule has 0 radical (unpaired) electrons. The molecule has 0 aliphatic rings. The SMILES string of the molecule is Cc1ccccc1Cn1nc(C)c(NC(=O)c2ccc(Cn3nc(C(F)F)c(Cl)c3C(F)F)o2)c1C. The maximum atomic E-state index is 13.4. The van der Waals surface area contributed by atoms with Crippen LogP contribution in [0, 0.1) is 20.8 Å². The average Bonchev–Trinajstić information content (AvgIpc) is 3.48. The molecule has 0 aliphatic heterocycles. The predicted molar refractivity (Wildman–Crippen MR) is 125 cm³/mol. The number of carbonyl (C=O) groups is 1. The summed E-state index contributed by atoms with van der Waals surface area (Å²) >= 11 is 5.68. The standard InChI is InChI=1S/C24H22ClF4N5O2/c1-12-6-4-5-7-15(12)10-33-14(3)19(13(2)31-33)30-24(35)17-9-8-16(36-17)11-34-21(23(28)29)18(25)20(32-34)22(26)27/h4-9,22-23H,10-11H2,1-3H3,(H,30,35). The van der Waals surface area contributed by atoms with Crippen molar-refractivity contribution in [3.8, 4) is 0 Å². The second kappa shape index (κ2) is 10.2. The Kier molecular flexibility index (Phi) is 7.21. The molecule has 1 aromatic carbocycles. The van der Waals surface area contributed by atoms with Crippen molar-refractivity contribution < 1.29 is 26.8 Å². The molecule has 36 heavy (non-hydrogen) atoms. The highest BCUT2D eigenvalue weighted by Gasteiger charge is 2.28. The van der Waals surface area contributed by atoms with E-state index in [1.807, 2.05) is 38.1 Å². The van der Waals surface area contributed by atoms with Crippen LogP contribution < -0.4 is 5.32 Å². The molecule has 0 unspecified atom stereocenters. The summed E-state index contributed by atoms with van der Waals surface area (Å²) in [4.78, 5) is 12.8. The minimum absolute atomic E-state index is 0.0609. The lowest BCUT2D eigenvalue weighted by Crippen LogP contribution is -2.13. The Bertz CT molecular complexity index is 1410. The van der Waals surface area contributed by atoms with Gasteiger partial charge in [0.1, 0.15) is 17.1 Å². The summed E-state index contributed by atoms with van der Waals surface area (Å²) in [7, 11) is 0. The lowest BCUT2D eigenvalue weighted by atomic mass is 10.1. The van der Waals surface area contributed by atoms with Gasteiger partial charge in [-0.1, -0.05) is 35.9 Å². The molecular weight excluding hydrogens is 502 g/mol. The molecule has 0 fully saturated rings. The number of alkyl halides is 4. The molecule has 0 saturated heterocycles. The molecule has 0 atom stereocenters. The van der Waals surface area contributed by atoms with Crippen molar-refractivity contribution in [2.24, 2.45) is 0 Å². The Morgan fingerprint density at radius 1 is 1.00 bits per heavy atom. The van der Waals surface area contributed by atoms with E-state index in [9.17, 15) is 22.4 Å². The van der Waals surface area contributed by atoms with E-state index in [4.69, 9.17) is 16.0 Å². The van der Waals surface area contributed by atoms with Gasteiger partial charge in [0.15, 0.2) is 5.76 Å². The summed E-state index contributed by atoms with van der Waals surface area (Å²) < 4.78 is 60.8. The lowest BCUT2D eigenvalue weighted by Gasteiger charge is -2.08. The van der Waals surface area contributed by atoms with E-state index in [2.05, 4.69) is 15.5 Å². The van der Waals surface area contributed by atoms with Crippen LogP contribution in [0.5, 0.6) is 0 Å². The molecule has 1 N–H and O–H groups in total. The van der Waals surface area contributed by atoms with Gasteiger partial charge in [-0.05, 0) is 44.0 Å². The van der Waals surface area contributed by atoms with Gasteiger partial charge in [-0.2, -0.15) is 10.2 Å². The van der Waals surface area contributed by atoms with Crippen LogP contribution in [-0.4, -0.2) is 25.5 Å². The fraction of sp³-hybridized carbons (Fsp3) is 0.292. The summed E-state index contributed by atoms with van der Waals surface area (Å²) in [6.45, 7) is 5.72. The molecule has 0 bridgehead atoms. The summed E-state index contributed by atoms with van der Waals surface area (Å²) in [6, 6.07) is 10.6. The van der Waals surface area contributed by atoms with Gasteiger partial charge in [0.2, 0.25) is 0 Å². The number of aromatic nitrogens is 4. The van der Waals surface area contributed by atoms with Gasteiger partial charge >= 0.3 is 0 Å². The highest BCUT2D eigenvalue weighted by atomic mass is 35.5. The Labute approximate surface area is 208 Å². The van der Waals surface area contributed by atoms with Gasteiger partial charge in [-0.15, -0.1) is 0 Å². The number of hydrogen-bond acceptors (Lipinski definition) is 4. The number of nitrogens with one attached hydrogen (secondary N) is 1. The number of amides is 1. The number of aryl methyl sites for hydroxylation is 2. The largest absolute Gasteiger partial charge is 0.454 e. The maximum absolute atomic E-state index is 13.4. The quantitative estimate of drug-likeness (QED) is 0.268. The van der Waals surface area contributed by atoms with E-state index in [1.165, 1.54) is 12.1 Å². The van der Waals surface area contributed by atoms with E-state index in [0.717, 1.165) is 16.8 Å². The van der Waals surface area contributed by atoms with Crippen LogP contribution in [0.1, 0.15) is 63.1 Å². The van der Waals surface area contributed by atoms with Crippen LogP contribution in [0.4, 0.5) is 23.2 Å². The van der Waals surface area contributed by atoms with Crippen LogP contribution in [0.25, 0.3) is 0 Å². The van der Waals surface area contributed by atoms with E-state index in [-0.39, 0.29) is 11.5 Å². The second-order valence-electron chi connectivity index (χ2n) is 8.19. The van der Waals surface area contributed by atoms with E-state index >= 15 is 0 Å². The molecule has 0 aliphatic carbocycles. The van der Waals surface area contributed by atoms with Crippen molar-refractivity contribution in [2.45, 2.75) is 46.7 Å². The number of anilines is 1. The third-order valence-corrected chi connectivity index (χ3v) is 6.15. The molecule has 7 nitrogen and oxygen atoms in total. The van der Waals surface area contributed by atoms with Crippen molar-refractivity contribution in [1.29, 1.82) is 0 Å². The zero-order chi connectivity index (χ0) is 26.1. The highest BCUT2D eigenvalue weighted by Crippen LogP contribution is 2.35. The molecule has 0 saturated carbocycles. The Hall–Kier alpha value is -3.60. The molecule has 4 rings (SSSR count). The topological polar surface area (TPSA) is 77.9 Å². The van der Waals surface area contributed by atoms with Gasteiger partial charge in [0.25, 0.3) is 18.8 Å². The third kappa shape index (κ3) is 5.01. The first kappa shape index (κ1) is 25.5. The van der Waals surface area contributed by atoms with Gasteiger partial charge in [-0.25, -0.2) is 17.6 Å². The van der Waals surface area contributed by atoms with Gasteiger partial charge in [0, 0.05) is 0 Å². The first-order valence-electron chi connectivity index (χ1n) is 10.9. The fourth-order valence-electron chi connectivity index (χ4n) is 3.83. The number of carbonyl (C=O) groups excluding carboxylic acids is 1. The predicted octanol–water partition coefficient (Wildman–Crippen LogP) is 6.48. The molecular formula is C24H22ClF4N5O2. The first-order valence-corrected chi connectivity index (χ1v) is 11.3. The van der Waals surface area contributed by atoms with Crippen molar-refractivity contribution in [2.75, 3.05) is 5.32 Å². The van der Waals surface area contributed by atoms with Gasteiger partial charge in [0.05, 0.1) is 35.2 Å². The van der Waals surface area contributed by atoms with Crippen LogP contribution in [0.3, 0.4) is 0 Å². The molecule has 3 heterocycles. The van der Waals surface area contributed by atoms with Gasteiger partial charge < -0.3 is 9.73 Å². The first-order chi connectivity index (χ1) is 17.1. The second-order valence-corrected chi connectivity index (χ2v) is 8.57. The Morgan fingerprint density at radius 2 is 1.72 bits per heavy atom. The number of nitrogens with zero attached hydrogens (tertiary/aromatic N) is 4. The number of furan rings is 1. The van der Waals surface area contributed by atoms with Gasteiger partial charge in [-0.3, -0.25) is 14.2 Å². The summed E-state index contributed by atoms with van der Waals surface area (Å²) in [5.74, 6) is -0.615. The average molecular weight is 524 g/mol. The molecule has 1 amide bonds. The highest BCUT2D eigenvalue weighted by molar-refractivity contribution is 6.32. The Balaban J connectivity index is 1.51. The number of halogens is 5. The minimum atomic E-state index is -3.13. The van der Waals surface area contributed by atoms with Crippen molar-refractivity contribution >= 4 is 23.2 Å². The van der Waals surface area contributed by atoms with Crippen molar-refractivity contribution in [1.82, 2.24) is 19.6 Å². The van der Waals surface area contributed by atoms with Crippen LogP contribution in [0.2, 0.25) is 5.02 Å². The molecule has 3 aromatic heterocycles. The maximum Gasteiger partial charge on any atom is 0.291 e. The van der Waals surface area contributed by atoms with Crippen molar-refractivity contribution in [3.63, 3.8) is 0 Å². The van der Waals surface area contributed by atoms with E-state index in [1.54, 1.807) is 11.6 Å². The summed E-state index contributed by atoms with van der Waals surface area (Å²) in [6.07, 6.45) is -6.25. The molecule has 0 spiro atoms. The summed E-state index contributed by atoms with van der Waals surface area (Å²) in [5.41, 5.74) is 2.29. The number of rotatable bonds is 8. The fourth-order valence-corrected chi connectivity index (χ4v) is 4.13. The molecule has 190 valence electrons. The monoisotopic (exact) mass is 523 g/mol. The van der Waals surface area contributed by atoms with Crippen molar-refractivity contribution in [3.05, 3.63) is 86.8 Å². The zero-order valence-electron chi connectivity index (χ0n) is 19.5. The van der Waals surface area contributed by atoms with Crippen LogP contribution in [0.15, 0.2) is 40.8 Å². The van der Waals surface area contributed by atoms with Crippen LogP contribution in [-0.2, 0) is 13.1 Å². The van der Waals surface area contributed by atoms with Crippen LogP contribution >= 0.6 is 11.6 Å². The minimum Gasteiger partial charge on any atom is -0.454 e. The smallest absolute Gasteiger partial charge is 0.291 e. The molecule has 12 heteroatoms. The molecule has 4 aromatic rings. The Morgan fingerprint density at radius 3 is 2.39 bits per heavy atom. The summed E-state index contributed by atoms with van der Waals surface area (Å²) in [5, 5.41) is 10.00. The zero-order valence-corrected chi connectivity index (χ0v) is 20.3. The van der Waals surface area contributed by atoms with E-state index < -0.39 is 41.7 Å². The number of benzene rings is 1. The third-order valence-electron chi connectivity index (χ3n) is 5.76. The lowest BCUT2D eigenvalue weighted by molar-refractivity contribution is 0.0993. The van der Waals surface area contributed by atoms with E-state index in [0.29, 0.717) is 22.6 Å².